The van der Waals surface area contributed by atoms with Crippen molar-refractivity contribution in [2.75, 3.05) is 0 Å². The van der Waals surface area contributed by atoms with Gasteiger partial charge in [0.05, 0.1) is 6.04 Å². The highest BCUT2D eigenvalue weighted by Crippen LogP contribution is 2.28. The Morgan fingerprint density at radius 2 is 2.07 bits per heavy atom. The molecule has 0 saturated heterocycles. The van der Waals surface area contributed by atoms with E-state index in [1.54, 1.807) is 0 Å². The number of allylic oxidation sites excluding steroid dienone is 7. The Hall–Kier alpha value is -1.54. The van der Waals surface area contributed by atoms with Crippen LogP contribution in [0, 0.1) is 12.3 Å². The van der Waals surface area contributed by atoms with Crippen LogP contribution in [0.3, 0.4) is 0 Å². The lowest BCUT2D eigenvalue weighted by molar-refractivity contribution is -0.118. The second-order valence-electron chi connectivity index (χ2n) is 3.87. The monoisotopic (exact) mass is 200 g/mol. The van der Waals surface area contributed by atoms with Crippen molar-refractivity contribution in [3.05, 3.63) is 54.0 Å². The Morgan fingerprint density at radius 1 is 1.40 bits per heavy atom. The van der Waals surface area contributed by atoms with Gasteiger partial charge >= 0.3 is 0 Å². The third-order valence-electron chi connectivity index (χ3n) is 2.75. The molecule has 2 N–H and O–H groups in total. The summed E-state index contributed by atoms with van der Waals surface area (Å²) in [7, 11) is 0. The number of hydrogen-bond donors (Lipinski definition) is 1. The minimum absolute atomic E-state index is 0.0321. The summed E-state index contributed by atoms with van der Waals surface area (Å²) in [4.78, 5) is 11.1. The van der Waals surface area contributed by atoms with Crippen LogP contribution < -0.4 is 5.73 Å². The Kier molecular flexibility index (Phi) is 2.60. The van der Waals surface area contributed by atoms with E-state index in [1.165, 1.54) is 12.5 Å². The zero-order chi connectivity index (χ0) is 10.8. The van der Waals surface area contributed by atoms with Crippen LogP contribution in [-0.2, 0) is 4.79 Å². The molecular weight excluding hydrogens is 186 g/mol. The van der Waals surface area contributed by atoms with Crippen molar-refractivity contribution in [3.63, 3.8) is 0 Å². The van der Waals surface area contributed by atoms with Gasteiger partial charge in [-0.25, -0.2) is 0 Å². The average Bonchev–Trinajstić information content (AvgIpc) is 2.86. The minimum Gasteiger partial charge on any atom is -0.322 e. The standard InChI is InChI=1S/C13H14NO/c1-9(15)13(14)12-7-6-11(8-12)10-4-2-3-5-10/h2-8,12-13H,14H2,1H3/q-1. The summed E-state index contributed by atoms with van der Waals surface area (Å²) in [6.45, 7) is 1.53. The molecule has 2 atom stereocenters. The first-order valence-corrected chi connectivity index (χ1v) is 5.06. The number of ketones is 1. The van der Waals surface area contributed by atoms with Crippen LogP contribution >= 0.6 is 0 Å². The van der Waals surface area contributed by atoms with E-state index in [2.05, 4.69) is 18.6 Å². The summed E-state index contributed by atoms with van der Waals surface area (Å²) in [5, 5.41) is 0. The molecule has 2 heteroatoms. The normalized spacial score (nSPS) is 24.8. The summed E-state index contributed by atoms with van der Waals surface area (Å²) in [5.41, 5.74) is 8.13. The zero-order valence-electron chi connectivity index (χ0n) is 8.68. The van der Waals surface area contributed by atoms with Gasteiger partial charge < -0.3 is 5.73 Å². The van der Waals surface area contributed by atoms with E-state index in [-0.39, 0.29) is 11.7 Å². The van der Waals surface area contributed by atoms with Crippen LogP contribution in [0.25, 0.3) is 0 Å². The van der Waals surface area contributed by atoms with Gasteiger partial charge in [-0.15, -0.1) is 23.8 Å². The molecule has 0 fully saturated rings. The Balaban J connectivity index is 2.12. The predicted molar refractivity (Wildman–Crippen MR) is 60.9 cm³/mol. The molecule has 0 aromatic heterocycles. The number of rotatable bonds is 2. The second kappa shape index (κ2) is 3.91. The summed E-state index contributed by atoms with van der Waals surface area (Å²) in [6.07, 6.45) is 14.2. The molecule has 2 rings (SSSR count). The first kappa shape index (κ1) is 9.99. The molecule has 78 valence electrons. The molecule has 2 aliphatic carbocycles. The summed E-state index contributed by atoms with van der Waals surface area (Å²) < 4.78 is 0. The lowest BCUT2D eigenvalue weighted by atomic mass is 9.95. The van der Waals surface area contributed by atoms with Crippen molar-refractivity contribution in [2.24, 2.45) is 11.7 Å². The summed E-state index contributed by atoms with van der Waals surface area (Å²) in [5.74, 6) is 0.0806. The molecular formula is C13H14NO-. The third-order valence-corrected chi connectivity index (χ3v) is 2.75. The highest BCUT2D eigenvalue weighted by molar-refractivity contribution is 5.82. The number of hydrogen-bond acceptors (Lipinski definition) is 2. The predicted octanol–water partition coefficient (Wildman–Crippen LogP) is 1.72. The highest BCUT2D eigenvalue weighted by atomic mass is 16.1. The highest BCUT2D eigenvalue weighted by Gasteiger charge is 2.18. The van der Waals surface area contributed by atoms with Gasteiger partial charge in [-0.05, 0) is 12.8 Å². The van der Waals surface area contributed by atoms with Crippen LogP contribution in [0.15, 0.2) is 47.6 Å². The van der Waals surface area contributed by atoms with Crippen molar-refractivity contribution in [1.82, 2.24) is 0 Å². The first-order valence-electron chi connectivity index (χ1n) is 5.06. The van der Waals surface area contributed by atoms with Crippen molar-refractivity contribution >= 4 is 5.78 Å². The van der Waals surface area contributed by atoms with E-state index >= 15 is 0 Å². The summed E-state index contributed by atoms with van der Waals surface area (Å²) >= 11 is 0. The molecule has 0 aromatic rings. The molecule has 0 heterocycles. The van der Waals surface area contributed by atoms with Gasteiger partial charge in [0.15, 0.2) is 0 Å². The third kappa shape index (κ3) is 1.95. The number of carbonyl (C=O) groups is 1. The van der Waals surface area contributed by atoms with Crippen molar-refractivity contribution in [2.45, 2.75) is 13.0 Å². The van der Waals surface area contributed by atoms with Crippen LogP contribution in [0.2, 0.25) is 0 Å². The van der Waals surface area contributed by atoms with Crippen molar-refractivity contribution in [1.29, 1.82) is 0 Å². The van der Waals surface area contributed by atoms with Crippen LogP contribution in [-0.4, -0.2) is 11.8 Å². The maximum Gasteiger partial charge on any atom is 0.146 e. The number of nitrogens with two attached hydrogens (primary N) is 1. The average molecular weight is 200 g/mol. The van der Waals surface area contributed by atoms with E-state index < -0.39 is 6.04 Å². The lowest BCUT2D eigenvalue weighted by Crippen LogP contribution is -2.35. The van der Waals surface area contributed by atoms with Gasteiger partial charge in [0, 0.05) is 0 Å². The van der Waals surface area contributed by atoms with Crippen LogP contribution in [0.5, 0.6) is 0 Å². The molecule has 2 unspecified atom stereocenters. The SMILES string of the molecule is CC(=O)C(N)C1C=CC(=C2C=CC=C2)[CH-]1. The number of Topliss-reactive ketones (excluding diaryl/α,β-unsaturated/α-hetero) is 1. The molecule has 15 heavy (non-hydrogen) atoms. The van der Waals surface area contributed by atoms with Crippen LogP contribution in [0.4, 0.5) is 0 Å². The molecule has 0 saturated carbocycles. The maximum absolute atomic E-state index is 11.1. The quantitative estimate of drug-likeness (QED) is 0.690. The minimum atomic E-state index is -0.409. The Bertz CT molecular complexity index is 385. The fourth-order valence-corrected chi connectivity index (χ4v) is 1.79. The van der Waals surface area contributed by atoms with Gasteiger partial charge in [-0.3, -0.25) is 4.79 Å². The van der Waals surface area contributed by atoms with Crippen molar-refractivity contribution < 1.29 is 4.79 Å². The molecule has 0 spiro atoms. The number of carbonyl (C=O) groups excluding carboxylic acids is 1. The Labute approximate surface area is 89.8 Å². The van der Waals surface area contributed by atoms with E-state index in [1.807, 2.05) is 24.3 Å². The van der Waals surface area contributed by atoms with Gasteiger partial charge in [-0.2, -0.15) is 18.1 Å². The zero-order valence-corrected chi connectivity index (χ0v) is 8.68. The molecule has 0 aliphatic heterocycles. The second-order valence-corrected chi connectivity index (χ2v) is 3.87. The lowest BCUT2D eigenvalue weighted by Gasteiger charge is -2.19. The molecule has 0 radical (unpaired) electrons. The van der Waals surface area contributed by atoms with E-state index in [9.17, 15) is 4.79 Å². The van der Waals surface area contributed by atoms with Gasteiger partial charge in [0.1, 0.15) is 5.78 Å². The van der Waals surface area contributed by atoms with Gasteiger partial charge in [0.25, 0.3) is 0 Å². The maximum atomic E-state index is 11.1. The fourth-order valence-electron chi connectivity index (χ4n) is 1.79. The smallest absolute Gasteiger partial charge is 0.146 e. The van der Waals surface area contributed by atoms with E-state index in [0.29, 0.717) is 0 Å². The summed E-state index contributed by atoms with van der Waals surface area (Å²) in [6, 6.07) is -0.409. The topological polar surface area (TPSA) is 43.1 Å². The molecule has 0 aromatic carbocycles. The molecule has 0 bridgehead atoms. The molecule has 2 aliphatic rings. The van der Waals surface area contributed by atoms with Gasteiger partial charge in [0.2, 0.25) is 0 Å². The van der Waals surface area contributed by atoms with Gasteiger partial charge in [-0.1, -0.05) is 12.2 Å². The van der Waals surface area contributed by atoms with Crippen LogP contribution in [0.1, 0.15) is 6.92 Å². The molecule has 0 amide bonds. The van der Waals surface area contributed by atoms with E-state index in [0.717, 1.165) is 5.57 Å². The van der Waals surface area contributed by atoms with E-state index in [4.69, 9.17) is 5.73 Å². The fraction of sp³-hybridized carbons (Fsp3) is 0.231. The largest absolute Gasteiger partial charge is 0.322 e. The molecule has 2 nitrogen and oxygen atoms in total. The first-order chi connectivity index (χ1) is 7.18. The van der Waals surface area contributed by atoms with Crippen molar-refractivity contribution in [3.8, 4) is 0 Å². The Morgan fingerprint density at radius 3 is 2.67 bits per heavy atom.